The van der Waals surface area contributed by atoms with Gasteiger partial charge in [-0.05, 0) is 12.5 Å². The maximum atomic E-state index is 12.4. The number of carboxylic acid groups (broad SMARTS) is 1. The van der Waals surface area contributed by atoms with Crippen molar-refractivity contribution in [2.24, 2.45) is 4.99 Å². The van der Waals surface area contributed by atoms with E-state index in [1.54, 1.807) is 24.3 Å². The number of alkyl halides is 1. The number of halogens is 1. The fraction of sp³-hybridized carbons (Fsp3) is 0.308. The zero-order chi connectivity index (χ0) is 15.7. The highest BCUT2D eigenvalue weighted by Gasteiger charge is 2.11. The van der Waals surface area contributed by atoms with Crippen LogP contribution in [0.3, 0.4) is 0 Å². The molecule has 0 aromatic heterocycles. The third kappa shape index (κ3) is 6.90. The van der Waals surface area contributed by atoms with Gasteiger partial charge in [-0.3, -0.25) is 10.6 Å². The first kappa shape index (κ1) is 16.4. The van der Waals surface area contributed by atoms with E-state index < -0.39 is 24.9 Å². The molecule has 0 aliphatic heterocycles. The van der Waals surface area contributed by atoms with Crippen molar-refractivity contribution in [3.05, 3.63) is 35.9 Å². The lowest BCUT2D eigenvalue weighted by atomic mass is 10.2. The van der Waals surface area contributed by atoms with Crippen molar-refractivity contribution in [2.45, 2.75) is 19.6 Å². The first-order valence-corrected chi connectivity index (χ1v) is 6.12. The predicted molar refractivity (Wildman–Crippen MR) is 73.8 cm³/mol. The fourth-order valence-corrected chi connectivity index (χ4v) is 1.31. The van der Waals surface area contributed by atoms with Crippen LogP contribution in [0.1, 0.15) is 12.5 Å². The first-order chi connectivity index (χ1) is 10.0. The number of guanidine groups is 1. The molecule has 1 rings (SSSR count). The number of ether oxygens (including phenoxy) is 1. The summed E-state index contributed by atoms with van der Waals surface area (Å²) >= 11 is 0. The van der Waals surface area contributed by atoms with E-state index in [0.29, 0.717) is 0 Å². The number of carbonyl (C=O) groups is 2. The van der Waals surface area contributed by atoms with Crippen molar-refractivity contribution in [3.8, 4) is 0 Å². The van der Waals surface area contributed by atoms with Gasteiger partial charge in [-0.15, -0.1) is 0 Å². The van der Waals surface area contributed by atoms with Gasteiger partial charge < -0.3 is 9.84 Å². The van der Waals surface area contributed by atoms with Gasteiger partial charge in [-0.2, -0.15) is 0 Å². The van der Waals surface area contributed by atoms with Crippen LogP contribution < -0.4 is 10.6 Å². The minimum atomic E-state index is -1.43. The molecule has 0 bridgehead atoms. The van der Waals surface area contributed by atoms with Crippen LogP contribution in [0.15, 0.2) is 35.3 Å². The molecule has 3 N–H and O–H groups in total. The molecule has 114 valence electrons. The molecule has 0 saturated carbocycles. The second-order valence-corrected chi connectivity index (χ2v) is 4.10. The van der Waals surface area contributed by atoms with Gasteiger partial charge in [0.1, 0.15) is 13.3 Å². The molecule has 0 radical (unpaired) electrons. The van der Waals surface area contributed by atoms with Gasteiger partial charge in [0.2, 0.25) is 5.96 Å². The number of amides is 2. The van der Waals surface area contributed by atoms with E-state index in [2.05, 4.69) is 10.3 Å². The summed E-state index contributed by atoms with van der Waals surface area (Å²) in [6.07, 6.45) is -2.32. The van der Waals surface area contributed by atoms with Crippen molar-refractivity contribution >= 4 is 18.1 Å². The minimum Gasteiger partial charge on any atom is -0.465 e. The summed E-state index contributed by atoms with van der Waals surface area (Å²) in [6, 6.07) is 8.15. The molecule has 21 heavy (non-hydrogen) atoms. The Morgan fingerprint density at radius 2 is 2.00 bits per heavy atom. The highest BCUT2D eigenvalue weighted by atomic mass is 19.1. The Hall–Kier alpha value is -2.64. The lowest BCUT2D eigenvalue weighted by molar-refractivity contribution is 0.144. The number of carbonyl (C=O) groups excluding carboxylic acids is 1. The highest BCUT2D eigenvalue weighted by Crippen LogP contribution is 2.00. The van der Waals surface area contributed by atoms with Crippen molar-refractivity contribution in [1.82, 2.24) is 10.6 Å². The van der Waals surface area contributed by atoms with Gasteiger partial charge in [-0.25, -0.2) is 19.0 Å². The van der Waals surface area contributed by atoms with Crippen molar-refractivity contribution < 1.29 is 23.8 Å². The van der Waals surface area contributed by atoms with Gasteiger partial charge in [0.05, 0.1) is 6.04 Å². The van der Waals surface area contributed by atoms with Crippen LogP contribution in [0.4, 0.5) is 14.0 Å². The summed E-state index contributed by atoms with van der Waals surface area (Å²) < 4.78 is 17.3. The first-order valence-electron chi connectivity index (χ1n) is 6.12. The molecule has 1 atom stereocenters. The molecular weight excluding hydrogens is 281 g/mol. The zero-order valence-electron chi connectivity index (χ0n) is 11.4. The zero-order valence-corrected chi connectivity index (χ0v) is 11.4. The molecule has 0 heterocycles. The molecule has 7 nitrogen and oxygen atoms in total. The molecule has 1 unspecified atom stereocenters. The maximum absolute atomic E-state index is 12.4. The third-order valence-electron chi connectivity index (χ3n) is 2.23. The molecule has 2 amide bonds. The fourth-order valence-electron chi connectivity index (χ4n) is 1.31. The van der Waals surface area contributed by atoms with Crippen LogP contribution in [0, 0.1) is 0 Å². The molecule has 1 aromatic carbocycles. The number of aliphatic imine (C=N–C) groups is 1. The molecule has 0 fully saturated rings. The van der Waals surface area contributed by atoms with Crippen LogP contribution in [-0.2, 0) is 11.3 Å². The number of alkyl carbamates (subject to hydrolysis) is 1. The van der Waals surface area contributed by atoms with E-state index in [9.17, 15) is 14.0 Å². The summed E-state index contributed by atoms with van der Waals surface area (Å²) in [5.41, 5.74) is 0.773. The number of nitrogens with one attached hydrogen (secondary N) is 2. The molecule has 0 spiro atoms. The third-order valence-corrected chi connectivity index (χ3v) is 2.23. The molecule has 8 heteroatoms. The molecular formula is C13H16FN3O4. The quantitative estimate of drug-likeness (QED) is 0.583. The summed E-state index contributed by atoms with van der Waals surface area (Å²) in [5, 5.41) is 12.6. The summed E-state index contributed by atoms with van der Waals surface area (Å²) in [4.78, 5) is 25.8. The van der Waals surface area contributed by atoms with Crippen LogP contribution >= 0.6 is 0 Å². The van der Waals surface area contributed by atoms with E-state index in [0.717, 1.165) is 5.56 Å². The average Bonchev–Trinajstić information content (AvgIpc) is 2.45. The normalized spacial score (nSPS) is 12.4. The monoisotopic (exact) mass is 297 g/mol. The second-order valence-electron chi connectivity index (χ2n) is 4.10. The van der Waals surface area contributed by atoms with E-state index >= 15 is 0 Å². The van der Waals surface area contributed by atoms with Crippen LogP contribution in [0.25, 0.3) is 0 Å². The highest BCUT2D eigenvalue weighted by molar-refractivity contribution is 6.00. The summed E-state index contributed by atoms with van der Waals surface area (Å²) in [7, 11) is 0. The molecule has 0 aliphatic carbocycles. The number of rotatable bonds is 4. The largest absolute Gasteiger partial charge is 0.465 e. The molecule has 0 saturated heterocycles. The Morgan fingerprint density at radius 3 is 2.57 bits per heavy atom. The molecule has 1 aromatic rings. The Balaban J connectivity index is 2.55. The minimum absolute atomic E-state index is 0.0195. The summed E-state index contributed by atoms with van der Waals surface area (Å²) in [5.74, 6) is -0.384. The number of hydrogen-bond donors (Lipinski definition) is 3. The van der Waals surface area contributed by atoms with Gasteiger partial charge >= 0.3 is 12.2 Å². The Kier molecular flexibility index (Phi) is 6.66. The van der Waals surface area contributed by atoms with Crippen molar-refractivity contribution in [2.75, 3.05) is 6.67 Å². The second kappa shape index (κ2) is 8.51. The average molecular weight is 297 g/mol. The van der Waals surface area contributed by atoms with Crippen molar-refractivity contribution in [1.29, 1.82) is 0 Å². The van der Waals surface area contributed by atoms with Gasteiger partial charge in [0, 0.05) is 0 Å². The van der Waals surface area contributed by atoms with E-state index in [1.165, 1.54) is 6.92 Å². The Bertz CT molecular complexity index is 507. The number of nitrogens with zero attached hydrogens (tertiary/aromatic N) is 1. The van der Waals surface area contributed by atoms with Gasteiger partial charge in [0.25, 0.3) is 0 Å². The lowest BCUT2D eigenvalue weighted by Crippen LogP contribution is -2.44. The van der Waals surface area contributed by atoms with Crippen LogP contribution in [0.5, 0.6) is 0 Å². The van der Waals surface area contributed by atoms with E-state index in [4.69, 9.17) is 9.84 Å². The molecule has 0 aliphatic rings. The summed E-state index contributed by atoms with van der Waals surface area (Å²) in [6.45, 7) is 0.664. The topological polar surface area (TPSA) is 100 Å². The number of hydrogen-bond acceptors (Lipinski definition) is 4. The smallest absolute Gasteiger partial charge is 0.414 e. The lowest BCUT2D eigenvalue weighted by Gasteiger charge is -2.10. The standard InChI is InChI=1S/C13H16FN3O4/c1-9(7-14)15-11(16-12(18)19)17-13(20)21-8-10-5-3-2-4-6-10/h2-6,9H,7-8H2,1H3,(H,18,19)(H2,15,16,17,20). The maximum Gasteiger partial charge on any atom is 0.414 e. The van der Waals surface area contributed by atoms with Crippen molar-refractivity contribution in [3.63, 3.8) is 0 Å². The Morgan fingerprint density at radius 1 is 1.33 bits per heavy atom. The Labute approximate surface area is 120 Å². The van der Waals surface area contributed by atoms with Gasteiger partial charge in [-0.1, -0.05) is 30.3 Å². The predicted octanol–water partition coefficient (Wildman–Crippen LogP) is 1.89. The SMILES string of the molecule is CC(CF)N=C(NC(=O)O)NC(=O)OCc1ccccc1. The van der Waals surface area contributed by atoms with Crippen LogP contribution in [-0.4, -0.2) is 36.0 Å². The van der Waals surface area contributed by atoms with E-state index in [-0.39, 0.29) is 12.6 Å². The van der Waals surface area contributed by atoms with E-state index in [1.807, 2.05) is 11.4 Å². The number of benzene rings is 1. The van der Waals surface area contributed by atoms with Gasteiger partial charge in [0.15, 0.2) is 0 Å². The van der Waals surface area contributed by atoms with Crippen LogP contribution in [0.2, 0.25) is 0 Å².